The van der Waals surface area contributed by atoms with E-state index in [1.807, 2.05) is 19.9 Å². The SMILES string of the molecule is COc1cc(F)c(C(C)C)cc1-c1ccc(C2=CCCC2)nc1C(C)(C)C. The van der Waals surface area contributed by atoms with E-state index >= 15 is 0 Å². The van der Waals surface area contributed by atoms with Crippen molar-refractivity contribution < 1.29 is 9.13 Å². The summed E-state index contributed by atoms with van der Waals surface area (Å²) in [4.78, 5) is 5.06. The van der Waals surface area contributed by atoms with Crippen molar-refractivity contribution in [1.29, 1.82) is 0 Å². The molecule has 0 aliphatic heterocycles. The van der Waals surface area contributed by atoms with Crippen LogP contribution in [0.4, 0.5) is 4.39 Å². The monoisotopic (exact) mass is 367 g/mol. The Hall–Kier alpha value is -2.16. The first kappa shape index (κ1) is 19.6. The summed E-state index contributed by atoms with van der Waals surface area (Å²) in [6, 6.07) is 7.66. The summed E-state index contributed by atoms with van der Waals surface area (Å²) in [5.41, 5.74) is 5.91. The van der Waals surface area contributed by atoms with Gasteiger partial charge in [0.25, 0.3) is 0 Å². The van der Waals surface area contributed by atoms with Crippen LogP contribution in [-0.2, 0) is 5.41 Å². The fraction of sp³-hybridized carbons (Fsp3) is 0.458. The highest BCUT2D eigenvalue weighted by Crippen LogP contribution is 2.40. The molecule has 1 heterocycles. The lowest BCUT2D eigenvalue weighted by Crippen LogP contribution is -2.16. The lowest BCUT2D eigenvalue weighted by Gasteiger charge is -2.24. The van der Waals surface area contributed by atoms with E-state index in [2.05, 4.69) is 39.0 Å². The van der Waals surface area contributed by atoms with Crippen molar-refractivity contribution in [2.45, 2.75) is 65.2 Å². The molecule has 27 heavy (non-hydrogen) atoms. The molecule has 3 heteroatoms. The summed E-state index contributed by atoms with van der Waals surface area (Å²) in [6.07, 6.45) is 5.72. The van der Waals surface area contributed by atoms with Crippen molar-refractivity contribution in [2.75, 3.05) is 7.11 Å². The fourth-order valence-corrected chi connectivity index (χ4v) is 3.72. The van der Waals surface area contributed by atoms with E-state index in [-0.39, 0.29) is 17.2 Å². The van der Waals surface area contributed by atoms with Crippen LogP contribution in [0.1, 0.15) is 76.8 Å². The van der Waals surface area contributed by atoms with E-state index in [0.717, 1.165) is 35.4 Å². The van der Waals surface area contributed by atoms with Crippen LogP contribution >= 0.6 is 0 Å². The number of hydrogen-bond acceptors (Lipinski definition) is 2. The van der Waals surface area contributed by atoms with E-state index < -0.39 is 0 Å². The number of hydrogen-bond donors (Lipinski definition) is 0. The van der Waals surface area contributed by atoms with Crippen LogP contribution in [0, 0.1) is 5.82 Å². The highest BCUT2D eigenvalue weighted by atomic mass is 19.1. The van der Waals surface area contributed by atoms with Crippen molar-refractivity contribution in [3.05, 3.63) is 53.1 Å². The van der Waals surface area contributed by atoms with Gasteiger partial charge in [-0.3, -0.25) is 4.98 Å². The maximum Gasteiger partial charge on any atom is 0.130 e. The standard InChI is InChI=1S/C24H30FNO/c1-15(2)18-13-19(22(27-6)14-20(18)25)17-11-12-21(16-9-7-8-10-16)26-23(17)24(3,4)5/h9,11-15H,7-8,10H2,1-6H3. The number of nitrogens with zero attached hydrogens (tertiary/aromatic N) is 1. The number of methoxy groups -OCH3 is 1. The first-order valence-corrected chi connectivity index (χ1v) is 9.81. The molecule has 0 radical (unpaired) electrons. The second-order valence-corrected chi connectivity index (χ2v) is 8.69. The molecular formula is C24H30FNO. The number of pyridine rings is 1. The Morgan fingerprint density at radius 1 is 1.11 bits per heavy atom. The molecule has 0 saturated carbocycles. The molecule has 1 aromatic heterocycles. The predicted octanol–water partition coefficient (Wildman–Crippen LogP) is 6.88. The van der Waals surface area contributed by atoms with E-state index in [1.54, 1.807) is 7.11 Å². The Labute approximate surface area is 162 Å². The minimum atomic E-state index is -0.219. The van der Waals surface area contributed by atoms with E-state index in [9.17, 15) is 4.39 Å². The molecule has 0 N–H and O–H groups in total. The zero-order chi connectivity index (χ0) is 19.8. The summed E-state index contributed by atoms with van der Waals surface area (Å²) in [5.74, 6) is 0.434. The van der Waals surface area contributed by atoms with Crippen LogP contribution in [0.3, 0.4) is 0 Å². The largest absolute Gasteiger partial charge is 0.496 e. The van der Waals surface area contributed by atoms with Crippen LogP contribution in [-0.4, -0.2) is 12.1 Å². The first-order valence-electron chi connectivity index (χ1n) is 9.81. The topological polar surface area (TPSA) is 22.1 Å². The Kier molecular flexibility index (Phi) is 5.41. The number of rotatable bonds is 4. The summed E-state index contributed by atoms with van der Waals surface area (Å²) < 4.78 is 20.0. The van der Waals surface area contributed by atoms with Gasteiger partial charge >= 0.3 is 0 Å². The third-order valence-electron chi connectivity index (χ3n) is 5.21. The quantitative estimate of drug-likeness (QED) is 0.587. The Morgan fingerprint density at radius 3 is 2.41 bits per heavy atom. The molecule has 0 saturated heterocycles. The molecule has 0 spiro atoms. The maximum atomic E-state index is 14.5. The summed E-state index contributed by atoms with van der Waals surface area (Å²) in [6.45, 7) is 10.5. The third-order valence-corrected chi connectivity index (χ3v) is 5.21. The number of allylic oxidation sites excluding steroid dienone is 2. The Morgan fingerprint density at radius 2 is 1.85 bits per heavy atom. The number of halogens is 1. The first-order chi connectivity index (χ1) is 12.7. The van der Waals surface area contributed by atoms with Gasteiger partial charge in [-0.05, 0) is 48.4 Å². The Balaban J connectivity index is 2.23. The van der Waals surface area contributed by atoms with Crippen molar-refractivity contribution in [3.8, 4) is 16.9 Å². The van der Waals surface area contributed by atoms with Gasteiger partial charge in [-0.1, -0.05) is 46.8 Å². The van der Waals surface area contributed by atoms with E-state index in [0.29, 0.717) is 11.3 Å². The molecule has 0 amide bonds. The van der Waals surface area contributed by atoms with Crippen LogP contribution < -0.4 is 4.74 Å². The summed E-state index contributed by atoms with van der Waals surface area (Å²) in [5, 5.41) is 0. The number of ether oxygens (including phenoxy) is 1. The normalized spacial score (nSPS) is 14.6. The molecule has 2 aromatic rings. The number of benzene rings is 1. The molecule has 3 rings (SSSR count). The number of aromatic nitrogens is 1. The van der Waals surface area contributed by atoms with Crippen LogP contribution in [0.2, 0.25) is 0 Å². The van der Waals surface area contributed by atoms with Gasteiger partial charge in [0.15, 0.2) is 0 Å². The minimum Gasteiger partial charge on any atom is -0.496 e. The average molecular weight is 368 g/mol. The molecular weight excluding hydrogens is 337 g/mol. The summed E-state index contributed by atoms with van der Waals surface area (Å²) in [7, 11) is 1.59. The van der Waals surface area contributed by atoms with Crippen molar-refractivity contribution >= 4 is 5.57 Å². The van der Waals surface area contributed by atoms with Crippen LogP contribution in [0.25, 0.3) is 16.7 Å². The van der Waals surface area contributed by atoms with Gasteiger partial charge in [-0.15, -0.1) is 0 Å². The third kappa shape index (κ3) is 3.92. The van der Waals surface area contributed by atoms with Crippen molar-refractivity contribution in [2.24, 2.45) is 0 Å². The molecule has 0 bridgehead atoms. The van der Waals surface area contributed by atoms with Gasteiger partial charge in [0, 0.05) is 22.6 Å². The van der Waals surface area contributed by atoms with Gasteiger partial charge < -0.3 is 4.74 Å². The lowest BCUT2D eigenvalue weighted by atomic mass is 9.84. The summed E-state index contributed by atoms with van der Waals surface area (Å²) >= 11 is 0. The Bertz CT molecular complexity index is 875. The molecule has 1 aliphatic rings. The predicted molar refractivity (Wildman–Crippen MR) is 111 cm³/mol. The zero-order valence-corrected chi connectivity index (χ0v) is 17.3. The smallest absolute Gasteiger partial charge is 0.130 e. The van der Waals surface area contributed by atoms with Crippen molar-refractivity contribution in [1.82, 2.24) is 4.98 Å². The second-order valence-electron chi connectivity index (χ2n) is 8.69. The van der Waals surface area contributed by atoms with Crippen LogP contribution in [0.5, 0.6) is 5.75 Å². The molecule has 1 aliphatic carbocycles. The maximum absolute atomic E-state index is 14.5. The molecule has 0 unspecified atom stereocenters. The molecule has 0 atom stereocenters. The van der Waals surface area contributed by atoms with Crippen LogP contribution in [0.15, 0.2) is 30.3 Å². The van der Waals surface area contributed by atoms with Gasteiger partial charge in [0.05, 0.1) is 18.5 Å². The van der Waals surface area contributed by atoms with Crippen molar-refractivity contribution in [3.63, 3.8) is 0 Å². The van der Waals surface area contributed by atoms with Gasteiger partial charge in [-0.2, -0.15) is 0 Å². The molecule has 1 aromatic carbocycles. The fourth-order valence-electron chi connectivity index (χ4n) is 3.72. The van der Waals surface area contributed by atoms with E-state index in [4.69, 9.17) is 9.72 Å². The highest BCUT2D eigenvalue weighted by molar-refractivity contribution is 5.76. The molecule has 144 valence electrons. The zero-order valence-electron chi connectivity index (χ0n) is 17.3. The van der Waals surface area contributed by atoms with Gasteiger partial charge in [-0.25, -0.2) is 4.39 Å². The highest BCUT2D eigenvalue weighted by Gasteiger charge is 2.25. The molecule has 0 fully saturated rings. The van der Waals surface area contributed by atoms with Gasteiger partial charge in [0.2, 0.25) is 0 Å². The van der Waals surface area contributed by atoms with Gasteiger partial charge in [0.1, 0.15) is 11.6 Å². The molecule has 2 nitrogen and oxygen atoms in total. The lowest BCUT2D eigenvalue weighted by molar-refractivity contribution is 0.412. The second kappa shape index (κ2) is 7.46. The average Bonchev–Trinajstić information content (AvgIpc) is 3.14. The minimum absolute atomic E-state index is 0.101. The van der Waals surface area contributed by atoms with E-state index in [1.165, 1.54) is 18.1 Å².